The van der Waals surface area contributed by atoms with Crippen molar-refractivity contribution in [2.75, 3.05) is 23.4 Å². The van der Waals surface area contributed by atoms with Gasteiger partial charge in [0.1, 0.15) is 0 Å². The van der Waals surface area contributed by atoms with Crippen LogP contribution >= 0.6 is 40.3 Å². The number of unbranched alkanes of at least 4 members (excludes halogenated alkanes) is 3. The van der Waals surface area contributed by atoms with Crippen LogP contribution in [0.3, 0.4) is 0 Å². The second-order valence-electron chi connectivity index (χ2n) is 10.8. The molecule has 3 atom stereocenters. The molecule has 7 nitrogen and oxygen atoms in total. The van der Waals surface area contributed by atoms with E-state index >= 15 is 0 Å². The molecule has 0 aromatic carbocycles. The summed E-state index contributed by atoms with van der Waals surface area (Å²) < 4.78 is 0. The SMILES string of the molecule is CC(=O)[S-].CCCC[C@@](CC)(CBr)C(=O)O.CCCC[C@@](CC)(CSC(C)=O)C(=O)O.CCCC[C@](CC)(CO)CS.[2HH].[K+]. The summed E-state index contributed by atoms with van der Waals surface area (Å²) in [5.41, 5.74) is -1.15. The first kappa shape index (κ1) is 53.8. The van der Waals surface area contributed by atoms with Crippen molar-refractivity contribution in [3.8, 4) is 0 Å². The van der Waals surface area contributed by atoms with Crippen LogP contribution < -0.4 is 51.4 Å². The fraction of sp³-hybridized carbons (Fsp3) is 0.871. The van der Waals surface area contributed by atoms with Crippen LogP contribution in [0.25, 0.3) is 0 Å². The fourth-order valence-corrected chi connectivity index (χ4v) is 6.10. The molecule has 0 bridgehead atoms. The average Bonchev–Trinajstić information content (AvgIpc) is 2.95. The second-order valence-corrected chi connectivity index (χ2v) is 13.4. The first-order valence-electron chi connectivity index (χ1n) is 15.1. The number of carboxylic acids is 2. The van der Waals surface area contributed by atoms with Crippen LogP contribution in [0, 0.1) is 16.2 Å². The van der Waals surface area contributed by atoms with Crippen LogP contribution in [0.4, 0.5) is 0 Å². The van der Waals surface area contributed by atoms with Gasteiger partial charge in [-0.05, 0) is 51.2 Å². The third kappa shape index (κ3) is 27.0. The second kappa shape index (κ2) is 33.2. The molecule has 0 aliphatic carbocycles. The van der Waals surface area contributed by atoms with E-state index in [2.05, 4.69) is 62.0 Å². The molecule has 0 aliphatic heterocycles. The molecule has 0 aliphatic rings. The Balaban J connectivity index is -0.000000114. The van der Waals surface area contributed by atoms with Crippen LogP contribution in [-0.4, -0.2) is 60.9 Å². The summed E-state index contributed by atoms with van der Waals surface area (Å²) in [4.78, 5) is 42.3. The maximum atomic E-state index is 11.2. The van der Waals surface area contributed by atoms with Crippen LogP contribution in [0.15, 0.2) is 0 Å². The zero-order valence-electron chi connectivity index (χ0n) is 28.4. The third-order valence-electron chi connectivity index (χ3n) is 7.57. The van der Waals surface area contributed by atoms with E-state index in [1.807, 2.05) is 20.8 Å². The summed E-state index contributed by atoms with van der Waals surface area (Å²) in [6.45, 7) is 15.3. The van der Waals surface area contributed by atoms with Gasteiger partial charge in [0.25, 0.3) is 0 Å². The quantitative estimate of drug-likeness (QED) is 0.0558. The summed E-state index contributed by atoms with van der Waals surface area (Å²) in [6.07, 6.45) is 11.2. The van der Waals surface area contributed by atoms with Gasteiger partial charge >= 0.3 is 63.3 Å². The summed E-state index contributed by atoms with van der Waals surface area (Å²) in [5, 5.41) is 27.7. The van der Waals surface area contributed by atoms with Crippen molar-refractivity contribution in [1.29, 1.82) is 0 Å². The zero-order chi connectivity index (χ0) is 33.8. The number of aliphatic hydroxyl groups excluding tert-OH is 1. The fourth-order valence-electron chi connectivity index (χ4n) is 3.75. The predicted molar refractivity (Wildman–Crippen MR) is 190 cm³/mol. The van der Waals surface area contributed by atoms with E-state index < -0.39 is 22.8 Å². The van der Waals surface area contributed by atoms with Crippen molar-refractivity contribution in [2.24, 2.45) is 16.2 Å². The summed E-state index contributed by atoms with van der Waals surface area (Å²) >= 11 is 12.7. The first-order valence-corrected chi connectivity index (χ1v) is 18.3. The van der Waals surface area contributed by atoms with Crippen molar-refractivity contribution in [3.63, 3.8) is 0 Å². The molecule has 254 valence electrons. The number of hydrogen-bond donors (Lipinski definition) is 4. The van der Waals surface area contributed by atoms with E-state index in [4.69, 9.17) is 10.2 Å². The first-order chi connectivity index (χ1) is 19.6. The minimum absolute atomic E-state index is 0. The number of hydrogen-bond acceptors (Lipinski definition) is 8. The molecule has 0 heterocycles. The van der Waals surface area contributed by atoms with Crippen LogP contribution in [-0.2, 0) is 31.8 Å². The topological polar surface area (TPSA) is 129 Å². The number of carbonyl (C=O) groups is 4. The van der Waals surface area contributed by atoms with Crippen LogP contribution in [0.2, 0.25) is 0 Å². The van der Waals surface area contributed by atoms with Crippen LogP contribution in [0.1, 0.15) is 134 Å². The summed E-state index contributed by atoms with van der Waals surface area (Å²) in [5.74, 6) is -0.240. The number of halogens is 1. The Morgan fingerprint density at radius 3 is 1.40 bits per heavy atom. The third-order valence-corrected chi connectivity index (χ3v) is 10.4. The number of carboxylic acid groups (broad SMARTS) is 2. The Morgan fingerprint density at radius 1 is 0.791 bits per heavy atom. The Labute approximate surface area is 330 Å². The van der Waals surface area contributed by atoms with Gasteiger partial charge in [0.15, 0.2) is 5.12 Å². The van der Waals surface area contributed by atoms with E-state index in [1.54, 1.807) is 0 Å². The number of thiol groups is 1. The van der Waals surface area contributed by atoms with E-state index in [0.29, 0.717) is 30.3 Å². The molecular formula is C31H62BrKO7S3. The van der Waals surface area contributed by atoms with Crippen molar-refractivity contribution >= 4 is 75.1 Å². The van der Waals surface area contributed by atoms with Gasteiger partial charge in [0.2, 0.25) is 0 Å². The molecule has 0 saturated heterocycles. The van der Waals surface area contributed by atoms with Gasteiger partial charge in [-0.15, -0.1) is 0 Å². The number of carbonyl (C=O) groups excluding carboxylic acids is 2. The average molecular weight is 763 g/mol. The maximum Gasteiger partial charge on any atom is 1.00 e. The molecule has 0 unspecified atom stereocenters. The Morgan fingerprint density at radius 2 is 1.16 bits per heavy atom. The number of alkyl halides is 1. The number of rotatable bonds is 19. The van der Waals surface area contributed by atoms with Crippen molar-refractivity contribution in [3.05, 3.63) is 0 Å². The largest absolute Gasteiger partial charge is 1.00 e. The molecule has 12 heteroatoms. The summed E-state index contributed by atoms with van der Waals surface area (Å²) in [7, 11) is 0. The normalized spacial score (nSPS) is 14.2. The minimum atomic E-state index is -0.771. The van der Waals surface area contributed by atoms with E-state index in [9.17, 15) is 24.3 Å². The molecule has 0 aromatic rings. The van der Waals surface area contributed by atoms with E-state index in [0.717, 1.165) is 62.5 Å². The Hall–Kier alpha value is 1.28. The molecule has 0 spiro atoms. The molecule has 0 amide bonds. The molecule has 0 fully saturated rings. The van der Waals surface area contributed by atoms with Gasteiger partial charge in [-0.2, -0.15) is 12.6 Å². The van der Waals surface area contributed by atoms with Gasteiger partial charge in [0.05, 0.1) is 10.8 Å². The molecule has 0 aromatic heterocycles. The van der Waals surface area contributed by atoms with Gasteiger partial charge in [0, 0.05) is 36.6 Å². The Kier molecular flexibility index (Phi) is 41.5. The standard InChI is InChI=1S/C11H20O3S.C9H17BrO2.C9H20OS.C2H4OS.K.H2/c1-4-6-7-11(5-2,10(13)14)8-15-9(3)12;1-3-5-6-9(4-2,7-10)8(11)12;1-3-5-6-9(4-2,7-10)8-11;1-2(3)4;;/h4-8H2,1-3H3,(H,13,14);3-7H2,1-2H3,(H,11,12);10-11H,3-8H2,1-2H3;1H3,(H,3,4);;1H/q;;;;+1;/p-1/t11-;2*9-;;;/m001.../s1/i;;;;;1+1. The van der Waals surface area contributed by atoms with Gasteiger partial charge in [-0.3, -0.25) is 14.4 Å². The number of aliphatic carboxylic acids is 2. The Bertz CT molecular complexity index is 716. The molecule has 0 rings (SSSR count). The van der Waals surface area contributed by atoms with Crippen molar-refractivity contribution in [2.45, 2.75) is 132 Å². The minimum Gasteiger partial charge on any atom is -0.742 e. The zero-order valence-corrected chi connectivity index (χ0v) is 35.7. The molecule has 0 radical (unpaired) electrons. The van der Waals surface area contributed by atoms with Crippen LogP contribution in [0.5, 0.6) is 0 Å². The monoisotopic (exact) mass is 761 g/mol. The summed E-state index contributed by atoms with van der Waals surface area (Å²) in [6, 6.07) is 0. The van der Waals surface area contributed by atoms with Gasteiger partial charge in [-0.1, -0.05) is 108 Å². The van der Waals surface area contributed by atoms with Gasteiger partial charge < -0.3 is 32.7 Å². The molecular weight excluding hydrogens is 700 g/mol. The smallest absolute Gasteiger partial charge is 0.742 e. The van der Waals surface area contributed by atoms with E-state index in [-0.39, 0.29) is 75.1 Å². The van der Waals surface area contributed by atoms with E-state index in [1.165, 1.54) is 26.7 Å². The maximum absolute atomic E-state index is 11.2. The van der Waals surface area contributed by atoms with Gasteiger partial charge in [-0.25, -0.2) is 0 Å². The molecule has 0 saturated carbocycles. The van der Waals surface area contributed by atoms with Crippen molar-refractivity contribution < 1.29 is 87.3 Å². The number of aliphatic hydroxyl groups is 1. The number of thioether (sulfide) groups is 1. The molecule has 43 heavy (non-hydrogen) atoms. The predicted octanol–water partition coefficient (Wildman–Crippen LogP) is 5.81. The van der Waals surface area contributed by atoms with Crippen molar-refractivity contribution in [1.82, 2.24) is 0 Å². The molecule has 3 N–H and O–H groups in total.